The Hall–Kier alpha value is -0.490. The molecule has 1 aromatic rings. The molecule has 0 atom stereocenters. The molecule has 0 aromatic carbocycles. The minimum Gasteiger partial charge on any atom is -0.395 e. The molecule has 0 saturated heterocycles. The summed E-state index contributed by atoms with van der Waals surface area (Å²) in [6.45, 7) is 5.26. The first-order chi connectivity index (χ1) is 7.80. The van der Waals surface area contributed by atoms with Gasteiger partial charge in [0.15, 0.2) is 0 Å². The van der Waals surface area contributed by atoms with E-state index in [4.69, 9.17) is 9.84 Å². The fourth-order valence-corrected chi connectivity index (χ4v) is 2.18. The number of nitrogens with zero attached hydrogens (tertiary/aromatic N) is 2. The lowest BCUT2D eigenvalue weighted by Crippen LogP contribution is -2.30. The van der Waals surface area contributed by atoms with Crippen LogP contribution < -0.4 is 0 Å². The maximum Gasteiger partial charge on any atom is 0.0926 e. The molecule has 4 nitrogen and oxygen atoms in total. The summed E-state index contributed by atoms with van der Waals surface area (Å²) in [5, 5.41) is 12.2. The van der Waals surface area contributed by atoms with Crippen LogP contribution in [0, 0.1) is 0 Å². The number of aliphatic hydroxyl groups excluding tert-OH is 1. The van der Waals surface area contributed by atoms with E-state index in [1.807, 2.05) is 0 Å². The first kappa shape index (κ1) is 13.6. The summed E-state index contributed by atoms with van der Waals surface area (Å²) in [7, 11) is 1.69. The lowest BCUT2D eigenvalue weighted by Gasteiger charge is -2.19. The molecule has 1 aromatic heterocycles. The van der Waals surface area contributed by atoms with Crippen molar-refractivity contribution in [2.24, 2.45) is 0 Å². The molecule has 0 aliphatic rings. The Morgan fingerprint density at radius 2 is 2.31 bits per heavy atom. The van der Waals surface area contributed by atoms with Crippen molar-refractivity contribution in [1.82, 2.24) is 9.88 Å². The molecule has 0 unspecified atom stereocenters. The van der Waals surface area contributed by atoms with Crippen molar-refractivity contribution in [3.63, 3.8) is 0 Å². The normalized spacial score (nSPS) is 11.2. The molecule has 1 N–H and O–H groups in total. The van der Waals surface area contributed by atoms with Crippen LogP contribution in [0.15, 0.2) is 5.38 Å². The molecule has 0 bridgehead atoms. The van der Waals surface area contributed by atoms with Crippen molar-refractivity contribution in [2.75, 3.05) is 33.4 Å². The van der Waals surface area contributed by atoms with Gasteiger partial charge in [0, 0.05) is 32.1 Å². The second-order valence-corrected chi connectivity index (χ2v) is 4.52. The van der Waals surface area contributed by atoms with Gasteiger partial charge in [-0.05, 0) is 6.42 Å². The molecule has 0 fully saturated rings. The van der Waals surface area contributed by atoms with Crippen molar-refractivity contribution in [3.05, 3.63) is 16.1 Å². The highest BCUT2D eigenvalue weighted by Crippen LogP contribution is 2.12. The van der Waals surface area contributed by atoms with Crippen LogP contribution in [0.4, 0.5) is 0 Å². The fraction of sp³-hybridized carbons (Fsp3) is 0.727. The van der Waals surface area contributed by atoms with Gasteiger partial charge in [-0.25, -0.2) is 4.98 Å². The zero-order chi connectivity index (χ0) is 11.8. The van der Waals surface area contributed by atoms with Crippen LogP contribution in [0.25, 0.3) is 0 Å². The number of hydrogen-bond donors (Lipinski definition) is 1. The molecule has 0 spiro atoms. The van der Waals surface area contributed by atoms with E-state index in [1.54, 1.807) is 18.4 Å². The number of methoxy groups -OCH3 is 1. The maximum absolute atomic E-state index is 8.97. The summed E-state index contributed by atoms with van der Waals surface area (Å²) in [6.07, 6.45) is 0.989. The Morgan fingerprint density at radius 3 is 2.88 bits per heavy atom. The largest absolute Gasteiger partial charge is 0.395 e. The third-order valence-corrected chi connectivity index (χ3v) is 3.36. The van der Waals surface area contributed by atoms with Crippen LogP contribution in [0.3, 0.4) is 0 Å². The van der Waals surface area contributed by atoms with Crippen molar-refractivity contribution in [3.8, 4) is 0 Å². The van der Waals surface area contributed by atoms with Crippen molar-refractivity contribution in [2.45, 2.75) is 19.9 Å². The number of aliphatic hydroxyl groups is 1. The number of ether oxygens (including phenoxy) is 1. The third-order valence-electron chi connectivity index (χ3n) is 2.32. The van der Waals surface area contributed by atoms with Gasteiger partial charge in [0.1, 0.15) is 0 Å². The molecule has 1 heterocycles. The average Bonchev–Trinajstić information content (AvgIpc) is 2.74. The topological polar surface area (TPSA) is 45.6 Å². The van der Waals surface area contributed by atoms with E-state index in [-0.39, 0.29) is 6.61 Å². The highest BCUT2D eigenvalue weighted by molar-refractivity contribution is 7.09. The molecule has 0 aliphatic carbocycles. The number of aryl methyl sites for hydroxylation is 1. The second kappa shape index (κ2) is 7.73. The zero-order valence-electron chi connectivity index (χ0n) is 9.98. The minimum absolute atomic E-state index is 0.175. The van der Waals surface area contributed by atoms with Gasteiger partial charge in [0.2, 0.25) is 0 Å². The Kier molecular flexibility index (Phi) is 6.56. The van der Waals surface area contributed by atoms with E-state index in [2.05, 4.69) is 22.2 Å². The molecule has 5 heteroatoms. The summed E-state index contributed by atoms with van der Waals surface area (Å²) in [4.78, 5) is 6.66. The number of rotatable bonds is 8. The Bertz CT molecular complexity index is 291. The highest BCUT2D eigenvalue weighted by atomic mass is 32.1. The van der Waals surface area contributed by atoms with Gasteiger partial charge < -0.3 is 9.84 Å². The SMILES string of the molecule is CCc1nc(CN(CCO)CCOC)cs1. The first-order valence-electron chi connectivity index (χ1n) is 5.55. The van der Waals surface area contributed by atoms with Crippen LogP contribution in [-0.2, 0) is 17.7 Å². The van der Waals surface area contributed by atoms with Gasteiger partial charge in [-0.1, -0.05) is 6.92 Å². The van der Waals surface area contributed by atoms with Crippen LogP contribution in [0.5, 0.6) is 0 Å². The van der Waals surface area contributed by atoms with Gasteiger partial charge >= 0.3 is 0 Å². The molecule has 0 aliphatic heterocycles. The van der Waals surface area contributed by atoms with E-state index >= 15 is 0 Å². The molecule has 92 valence electrons. The predicted octanol–water partition coefficient (Wildman–Crippen LogP) is 1.15. The molecule has 0 saturated carbocycles. The van der Waals surface area contributed by atoms with E-state index < -0.39 is 0 Å². The maximum atomic E-state index is 8.97. The fourth-order valence-electron chi connectivity index (χ4n) is 1.44. The number of aromatic nitrogens is 1. The predicted molar refractivity (Wildman–Crippen MR) is 65.7 cm³/mol. The summed E-state index contributed by atoms with van der Waals surface area (Å²) in [5.41, 5.74) is 1.09. The van der Waals surface area contributed by atoms with E-state index in [0.29, 0.717) is 13.2 Å². The minimum atomic E-state index is 0.175. The summed E-state index contributed by atoms with van der Waals surface area (Å²) >= 11 is 1.70. The molecule has 1 rings (SSSR count). The Morgan fingerprint density at radius 1 is 1.50 bits per heavy atom. The molecule has 16 heavy (non-hydrogen) atoms. The van der Waals surface area contributed by atoms with Crippen LogP contribution in [-0.4, -0.2) is 48.4 Å². The monoisotopic (exact) mass is 244 g/mol. The quantitative estimate of drug-likeness (QED) is 0.745. The van der Waals surface area contributed by atoms with Crippen LogP contribution in [0.2, 0.25) is 0 Å². The summed E-state index contributed by atoms with van der Waals surface area (Å²) < 4.78 is 5.04. The van der Waals surface area contributed by atoms with Gasteiger partial charge in [0.25, 0.3) is 0 Å². The number of hydrogen-bond acceptors (Lipinski definition) is 5. The van der Waals surface area contributed by atoms with E-state index in [1.165, 1.54) is 5.01 Å². The van der Waals surface area contributed by atoms with Gasteiger partial charge in [-0.2, -0.15) is 0 Å². The third kappa shape index (κ3) is 4.57. The average molecular weight is 244 g/mol. The Balaban J connectivity index is 2.46. The summed E-state index contributed by atoms with van der Waals surface area (Å²) in [6, 6.07) is 0. The summed E-state index contributed by atoms with van der Waals surface area (Å²) in [5.74, 6) is 0. The first-order valence-corrected chi connectivity index (χ1v) is 6.43. The second-order valence-electron chi connectivity index (χ2n) is 3.58. The van der Waals surface area contributed by atoms with Crippen molar-refractivity contribution < 1.29 is 9.84 Å². The van der Waals surface area contributed by atoms with Crippen molar-refractivity contribution >= 4 is 11.3 Å². The molecular weight excluding hydrogens is 224 g/mol. The standard InChI is InChI=1S/C11H20N2O2S/c1-3-11-12-10(9-16-11)8-13(4-6-14)5-7-15-2/h9,14H,3-8H2,1-2H3. The van der Waals surface area contributed by atoms with Gasteiger partial charge in [0.05, 0.1) is 23.9 Å². The van der Waals surface area contributed by atoms with Gasteiger partial charge in [-0.15, -0.1) is 11.3 Å². The van der Waals surface area contributed by atoms with Crippen molar-refractivity contribution in [1.29, 1.82) is 0 Å². The van der Waals surface area contributed by atoms with E-state index in [0.717, 1.165) is 25.2 Å². The van der Waals surface area contributed by atoms with E-state index in [9.17, 15) is 0 Å². The van der Waals surface area contributed by atoms with Crippen LogP contribution >= 0.6 is 11.3 Å². The van der Waals surface area contributed by atoms with Gasteiger partial charge in [-0.3, -0.25) is 4.90 Å². The molecule has 0 amide bonds. The zero-order valence-corrected chi connectivity index (χ0v) is 10.8. The lowest BCUT2D eigenvalue weighted by atomic mass is 10.4. The molecular formula is C11H20N2O2S. The Labute approximate surface area is 101 Å². The molecule has 0 radical (unpaired) electrons. The lowest BCUT2D eigenvalue weighted by molar-refractivity contribution is 0.126. The smallest absolute Gasteiger partial charge is 0.0926 e. The number of thiazole rings is 1. The van der Waals surface area contributed by atoms with Crippen LogP contribution in [0.1, 0.15) is 17.6 Å². The highest BCUT2D eigenvalue weighted by Gasteiger charge is 2.07.